The zero-order valence-corrected chi connectivity index (χ0v) is 11.3. The second-order valence-corrected chi connectivity index (χ2v) is 4.04. The molecule has 5 heteroatoms. The number of hydrogen-bond acceptors (Lipinski definition) is 2. The van der Waals surface area contributed by atoms with Crippen molar-refractivity contribution in [2.24, 2.45) is 0 Å². The molecule has 0 spiro atoms. The van der Waals surface area contributed by atoms with Crippen LogP contribution in [-0.2, 0) is 0 Å². The van der Waals surface area contributed by atoms with Crippen molar-refractivity contribution in [2.45, 2.75) is 0 Å². The number of benzene rings is 2. The van der Waals surface area contributed by atoms with Crippen molar-refractivity contribution < 1.29 is 13.5 Å². The standard InChI is InChI=1S/C12H7ClF2O.C2H7N/c13-11-6-5-10(7-12(11)15)16-9-3-1-8(14)2-4-9;1-3-2/h1-7H;3H,1-2H3. The van der Waals surface area contributed by atoms with Crippen LogP contribution in [0.1, 0.15) is 0 Å². The topological polar surface area (TPSA) is 21.3 Å². The first-order valence-corrected chi connectivity index (χ1v) is 5.91. The van der Waals surface area contributed by atoms with Gasteiger partial charge in [0.2, 0.25) is 0 Å². The molecule has 2 aromatic rings. The first kappa shape index (κ1) is 15.4. The highest BCUT2D eigenvalue weighted by Gasteiger charge is 2.03. The zero-order chi connectivity index (χ0) is 14.3. The average molecular weight is 286 g/mol. The van der Waals surface area contributed by atoms with Crippen LogP contribution in [0.4, 0.5) is 8.78 Å². The van der Waals surface area contributed by atoms with Crippen molar-refractivity contribution in [3.8, 4) is 11.5 Å². The minimum atomic E-state index is -0.554. The van der Waals surface area contributed by atoms with Gasteiger partial charge >= 0.3 is 0 Å². The third-order valence-electron chi connectivity index (χ3n) is 1.94. The Morgan fingerprint density at radius 1 is 0.947 bits per heavy atom. The molecule has 0 fully saturated rings. The Kier molecular flexibility index (Phi) is 6.25. The van der Waals surface area contributed by atoms with Gasteiger partial charge in [-0.2, -0.15) is 0 Å². The third-order valence-corrected chi connectivity index (χ3v) is 2.25. The van der Waals surface area contributed by atoms with Crippen LogP contribution < -0.4 is 10.1 Å². The van der Waals surface area contributed by atoms with E-state index in [1.165, 1.54) is 42.5 Å². The van der Waals surface area contributed by atoms with Gasteiger partial charge in [-0.25, -0.2) is 8.78 Å². The van der Waals surface area contributed by atoms with Crippen LogP contribution in [0.3, 0.4) is 0 Å². The summed E-state index contributed by atoms with van der Waals surface area (Å²) in [7, 11) is 3.75. The molecule has 0 unspecified atom stereocenters. The fourth-order valence-electron chi connectivity index (χ4n) is 1.18. The Morgan fingerprint density at radius 2 is 1.47 bits per heavy atom. The lowest BCUT2D eigenvalue weighted by Crippen LogP contribution is -1.89. The molecule has 2 aromatic carbocycles. The second kappa shape index (κ2) is 7.71. The molecule has 0 saturated heterocycles. The maximum Gasteiger partial charge on any atom is 0.145 e. The minimum absolute atomic E-state index is 0.0338. The van der Waals surface area contributed by atoms with E-state index < -0.39 is 5.82 Å². The van der Waals surface area contributed by atoms with Gasteiger partial charge in [0.05, 0.1) is 5.02 Å². The van der Waals surface area contributed by atoms with Crippen molar-refractivity contribution in [2.75, 3.05) is 14.1 Å². The number of nitrogens with one attached hydrogen (secondary N) is 1. The summed E-state index contributed by atoms with van der Waals surface area (Å²) in [6.07, 6.45) is 0. The van der Waals surface area contributed by atoms with E-state index in [9.17, 15) is 8.78 Å². The van der Waals surface area contributed by atoms with Gasteiger partial charge in [-0.15, -0.1) is 0 Å². The molecule has 0 aliphatic rings. The van der Waals surface area contributed by atoms with E-state index in [-0.39, 0.29) is 10.8 Å². The molecule has 0 aliphatic carbocycles. The van der Waals surface area contributed by atoms with Crippen molar-refractivity contribution >= 4 is 11.6 Å². The Hall–Kier alpha value is -1.65. The fraction of sp³-hybridized carbons (Fsp3) is 0.143. The summed E-state index contributed by atoms with van der Waals surface area (Å²) in [6, 6.07) is 9.56. The van der Waals surface area contributed by atoms with Gasteiger partial charge in [0.25, 0.3) is 0 Å². The third kappa shape index (κ3) is 5.24. The summed E-state index contributed by atoms with van der Waals surface area (Å²) in [5.74, 6) is -0.160. The molecule has 0 saturated carbocycles. The number of hydrogen-bond donors (Lipinski definition) is 1. The highest BCUT2D eigenvalue weighted by Crippen LogP contribution is 2.25. The summed E-state index contributed by atoms with van der Waals surface area (Å²) < 4.78 is 31.0. The first-order valence-electron chi connectivity index (χ1n) is 5.53. The van der Waals surface area contributed by atoms with Crippen LogP contribution in [0.5, 0.6) is 11.5 Å². The monoisotopic (exact) mass is 285 g/mol. The summed E-state index contributed by atoms with van der Waals surface area (Å²) in [4.78, 5) is 0. The maximum atomic E-state index is 13.1. The average Bonchev–Trinajstić information content (AvgIpc) is 2.38. The minimum Gasteiger partial charge on any atom is -0.457 e. The Balaban J connectivity index is 0.000000550. The van der Waals surface area contributed by atoms with Gasteiger partial charge in [-0.3, -0.25) is 0 Å². The van der Waals surface area contributed by atoms with Crippen LogP contribution in [0.2, 0.25) is 5.02 Å². The maximum absolute atomic E-state index is 13.1. The van der Waals surface area contributed by atoms with E-state index in [0.29, 0.717) is 11.5 Å². The molecule has 0 aliphatic heterocycles. The predicted molar refractivity (Wildman–Crippen MR) is 72.9 cm³/mol. The molecule has 0 amide bonds. The lowest BCUT2D eigenvalue weighted by molar-refractivity contribution is 0.475. The second-order valence-electron chi connectivity index (χ2n) is 3.63. The predicted octanol–water partition coefficient (Wildman–Crippen LogP) is 4.25. The van der Waals surface area contributed by atoms with E-state index in [1.807, 2.05) is 14.1 Å². The number of ether oxygens (including phenoxy) is 1. The van der Waals surface area contributed by atoms with Gasteiger partial charge in [0.1, 0.15) is 23.1 Å². The van der Waals surface area contributed by atoms with E-state index in [0.717, 1.165) is 0 Å². The van der Waals surface area contributed by atoms with Gasteiger partial charge < -0.3 is 10.1 Å². The lowest BCUT2D eigenvalue weighted by Gasteiger charge is -2.05. The first-order chi connectivity index (χ1) is 9.06. The molecule has 0 atom stereocenters. The largest absolute Gasteiger partial charge is 0.457 e. The molecule has 0 bridgehead atoms. The van der Waals surface area contributed by atoms with Crippen molar-refractivity contribution in [3.63, 3.8) is 0 Å². The van der Waals surface area contributed by atoms with Gasteiger partial charge in [0, 0.05) is 6.07 Å². The van der Waals surface area contributed by atoms with Crippen molar-refractivity contribution in [3.05, 3.63) is 59.1 Å². The van der Waals surface area contributed by atoms with E-state index >= 15 is 0 Å². The summed E-state index contributed by atoms with van der Waals surface area (Å²) in [5.41, 5.74) is 0. The molecule has 102 valence electrons. The molecule has 1 N–H and O–H groups in total. The molecule has 0 radical (unpaired) electrons. The molecule has 2 rings (SSSR count). The molecule has 0 aromatic heterocycles. The molecule has 2 nitrogen and oxygen atoms in total. The van der Waals surface area contributed by atoms with Crippen LogP contribution >= 0.6 is 11.6 Å². The molecule has 19 heavy (non-hydrogen) atoms. The van der Waals surface area contributed by atoms with Gasteiger partial charge in [-0.1, -0.05) is 11.6 Å². The smallest absolute Gasteiger partial charge is 0.145 e. The van der Waals surface area contributed by atoms with E-state index in [4.69, 9.17) is 16.3 Å². The fourth-order valence-corrected chi connectivity index (χ4v) is 1.30. The van der Waals surface area contributed by atoms with E-state index in [1.54, 1.807) is 0 Å². The zero-order valence-electron chi connectivity index (χ0n) is 10.6. The number of rotatable bonds is 2. The summed E-state index contributed by atoms with van der Waals surface area (Å²) in [5, 5.41) is 2.78. The normalized spacial score (nSPS) is 9.53. The van der Waals surface area contributed by atoms with Crippen LogP contribution in [-0.4, -0.2) is 14.1 Å². The van der Waals surface area contributed by atoms with Gasteiger partial charge in [0.15, 0.2) is 0 Å². The highest BCUT2D eigenvalue weighted by molar-refractivity contribution is 6.30. The Bertz CT molecular complexity index is 517. The Morgan fingerprint density at radius 3 is 2.00 bits per heavy atom. The van der Waals surface area contributed by atoms with Gasteiger partial charge in [-0.05, 0) is 50.5 Å². The summed E-state index contributed by atoms with van der Waals surface area (Å²) in [6.45, 7) is 0. The van der Waals surface area contributed by atoms with Crippen LogP contribution in [0.15, 0.2) is 42.5 Å². The molecule has 0 heterocycles. The summed E-state index contributed by atoms with van der Waals surface area (Å²) >= 11 is 5.52. The van der Waals surface area contributed by atoms with Crippen LogP contribution in [0, 0.1) is 11.6 Å². The number of halogens is 3. The molecular weight excluding hydrogens is 272 g/mol. The van der Waals surface area contributed by atoms with Crippen LogP contribution in [0.25, 0.3) is 0 Å². The van der Waals surface area contributed by atoms with E-state index in [2.05, 4.69) is 5.32 Å². The SMILES string of the molecule is CNC.Fc1ccc(Oc2ccc(Cl)c(F)c2)cc1. The molecular formula is C14H14ClF2NO. The highest BCUT2D eigenvalue weighted by atomic mass is 35.5. The quantitative estimate of drug-likeness (QED) is 0.891. The van der Waals surface area contributed by atoms with Crippen molar-refractivity contribution in [1.29, 1.82) is 0 Å². The Labute approximate surface area is 116 Å². The lowest BCUT2D eigenvalue weighted by atomic mass is 10.3. The van der Waals surface area contributed by atoms with Crippen molar-refractivity contribution in [1.82, 2.24) is 5.32 Å².